The molecule has 0 fully saturated rings. The van der Waals surface area contributed by atoms with Crippen molar-refractivity contribution in [2.24, 2.45) is 0 Å². The smallest absolute Gasteiger partial charge is 0.225 e. The zero-order valence-electron chi connectivity index (χ0n) is 12.5. The van der Waals surface area contributed by atoms with E-state index in [1.165, 1.54) is 4.88 Å². The first-order valence-corrected chi connectivity index (χ1v) is 8.60. The molecular formula is C16H18Cl2N2OS. The number of para-hydroxylation sites is 1. The summed E-state index contributed by atoms with van der Waals surface area (Å²) in [5.74, 6) is -0.0970. The minimum atomic E-state index is -0.0970. The minimum absolute atomic E-state index is 0.0970. The molecule has 1 heterocycles. The first-order valence-electron chi connectivity index (χ1n) is 6.96. The van der Waals surface area contributed by atoms with Crippen LogP contribution in [0.3, 0.4) is 0 Å². The number of nitrogens with one attached hydrogen (secondary N) is 1. The van der Waals surface area contributed by atoms with E-state index in [1.54, 1.807) is 29.5 Å². The molecule has 0 radical (unpaired) electrons. The molecule has 3 nitrogen and oxygen atoms in total. The van der Waals surface area contributed by atoms with Crippen LogP contribution in [0.2, 0.25) is 10.0 Å². The van der Waals surface area contributed by atoms with E-state index in [9.17, 15) is 4.79 Å². The monoisotopic (exact) mass is 356 g/mol. The fraction of sp³-hybridized carbons (Fsp3) is 0.312. The Bertz CT molecular complexity index is 611. The van der Waals surface area contributed by atoms with Gasteiger partial charge in [0, 0.05) is 23.9 Å². The zero-order chi connectivity index (χ0) is 16.1. The molecule has 2 aromatic rings. The lowest BCUT2D eigenvalue weighted by Crippen LogP contribution is -2.26. The van der Waals surface area contributed by atoms with Gasteiger partial charge in [0.2, 0.25) is 5.91 Å². The highest BCUT2D eigenvalue weighted by Gasteiger charge is 2.15. The van der Waals surface area contributed by atoms with Gasteiger partial charge in [-0.1, -0.05) is 35.3 Å². The summed E-state index contributed by atoms with van der Waals surface area (Å²) in [7, 11) is 2.01. The number of benzene rings is 1. The van der Waals surface area contributed by atoms with Gasteiger partial charge < -0.3 is 5.32 Å². The third kappa shape index (κ3) is 4.46. The summed E-state index contributed by atoms with van der Waals surface area (Å²) in [6.07, 6.45) is 0.383. The summed E-state index contributed by atoms with van der Waals surface area (Å²) in [5.41, 5.74) is 0.477. The molecule has 0 saturated heterocycles. The van der Waals surface area contributed by atoms with Crippen molar-refractivity contribution in [3.05, 3.63) is 50.6 Å². The highest BCUT2D eigenvalue weighted by atomic mass is 35.5. The summed E-state index contributed by atoms with van der Waals surface area (Å²) in [4.78, 5) is 15.5. The van der Waals surface area contributed by atoms with E-state index in [1.807, 2.05) is 13.1 Å². The number of amides is 1. The third-order valence-electron chi connectivity index (χ3n) is 3.53. The molecule has 6 heteroatoms. The van der Waals surface area contributed by atoms with E-state index in [0.29, 0.717) is 28.7 Å². The molecule has 1 aromatic heterocycles. The number of thiophene rings is 1. The number of hydrogen-bond acceptors (Lipinski definition) is 3. The molecule has 1 aromatic carbocycles. The Morgan fingerprint density at radius 2 is 1.95 bits per heavy atom. The number of anilines is 1. The molecule has 22 heavy (non-hydrogen) atoms. The van der Waals surface area contributed by atoms with Crippen LogP contribution in [0.4, 0.5) is 5.69 Å². The van der Waals surface area contributed by atoms with Gasteiger partial charge in [-0.25, -0.2) is 0 Å². The SMILES string of the molecule is C[C@H](c1cccs1)N(C)CCC(=O)Nc1c(Cl)cccc1Cl. The molecular weight excluding hydrogens is 339 g/mol. The van der Waals surface area contributed by atoms with Gasteiger partial charge in [-0.3, -0.25) is 9.69 Å². The number of rotatable bonds is 6. The summed E-state index contributed by atoms with van der Waals surface area (Å²) in [5, 5.41) is 5.73. The molecule has 0 aliphatic carbocycles. The topological polar surface area (TPSA) is 32.3 Å². The normalized spacial score (nSPS) is 12.4. The van der Waals surface area contributed by atoms with Crippen LogP contribution in [0.5, 0.6) is 0 Å². The van der Waals surface area contributed by atoms with Gasteiger partial charge in [-0.05, 0) is 37.6 Å². The second-order valence-corrected chi connectivity index (χ2v) is 6.86. The lowest BCUT2D eigenvalue weighted by atomic mass is 10.2. The molecule has 1 N–H and O–H groups in total. The maximum atomic E-state index is 12.1. The molecule has 0 spiro atoms. The lowest BCUT2D eigenvalue weighted by Gasteiger charge is -2.23. The van der Waals surface area contributed by atoms with Crippen molar-refractivity contribution in [2.75, 3.05) is 18.9 Å². The van der Waals surface area contributed by atoms with Crippen LogP contribution >= 0.6 is 34.5 Å². The average molecular weight is 357 g/mol. The van der Waals surface area contributed by atoms with Crippen molar-refractivity contribution in [1.82, 2.24) is 4.90 Å². The molecule has 0 aliphatic heterocycles. The Hall–Kier alpha value is -1.07. The van der Waals surface area contributed by atoms with Gasteiger partial charge in [-0.15, -0.1) is 11.3 Å². The van der Waals surface area contributed by atoms with E-state index in [0.717, 1.165) is 0 Å². The standard InChI is InChI=1S/C16H18Cl2N2OS/c1-11(14-7-4-10-22-14)20(2)9-8-15(21)19-16-12(17)5-3-6-13(16)18/h3-7,10-11H,8-9H2,1-2H3,(H,19,21)/t11-/m1/s1. The Labute approximate surface area is 144 Å². The van der Waals surface area contributed by atoms with E-state index in [4.69, 9.17) is 23.2 Å². The average Bonchev–Trinajstić information content (AvgIpc) is 3.02. The molecule has 0 unspecified atom stereocenters. The summed E-state index contributed by atoms with van der Waals surface area (Å²) in [6.45, 7) is 2.79. The van der Waals surface area contributed by atoms with Crippen molar-refractivity contribution in [3.63, 3.8) is 0 Å². The van der Waals surface area contributed by atoms with Gasteiger partial charge >= 0.3 is 0 Å². The van der Waals surface area contributed by atoms with Crippen molar-refractivity contribution in [3.8, 4) is 0 Å². The second-order valence-electron chi connectivity index (χ2n) is 5.07. The Morgan fingerprint density at radius 1 is 1.27 bits per heavy atom. The van der Waals surface area contributed by atoms with Gasteiger partial charge in [-0.2, -0.15) is 0 Å². The minimum Gasteiger partial charge on any atom is -0.324 e. The van der Waals surface area contributed by atoms with Crippen molar-refractivity contribution in [1.29, 1.82) is 0 Å². The number of halogens is 2. The third-order valence-corrected chi connectivity index (χ3v) is 5.21. The summed E-state index contributed by atoms with van der Waals surface area (Å²) < 4.78 is 0. The largest absolute Gasteiger partial charge is 0.324 e. The van der Waals surface area contributed by atoms with E-state index < -0.39 is 0 Å². The van der Waals surface area contributed by atoms with Crippen LogP contribution in [-0.2, 0) is 4.79 Å². The molecule has 1 atom stereocenters. The molecule has 0 bridgehead atoms. The fourth-order valence-corrected chi connectivity index (χ4v) is 3.38. The number of carbonyl (C=O) groups is 1. The molecule has 1 amide bonds. The van der Waals surface area contributed by atoms with Gasteiger partial charge in [0.1, 0.15) is 0 Å². The van der Waals surface area contributed by atoms with E-state index in [2.05, 4.69) is 28.6 Å². The van der Waals surface area contributed by atoms with Gasteiger partial charge in [0.25, 0.3) is 0 Å². The van der Waals surface area contributed by atoms with Crippen molar-refractivity contribution < 1.29 is 4.79 Å². The lowest BCUT2D eigenvalue weighted by molar-refractivity contribution is -0.116. The van der Waals surface area contributed by atoms with Crippen molar-refractivity contribution in [2.45, 2.75) is 19.4 Å². The predicted molar refractivity (Wildman–Crippen MR) is 95.1 cm³/mol. The number of hydrogen-bond donors (Lipinski definition) is 1. The number of carbonyl (C=O) groups excluding carboxylic acids is 1. The van der Waals surface area contributed by atoms with Crippen LogP contribution in [0.25, 0.3) is 0 Å². The van der Waals surface area contributed by atoms with Gasteiger partial charge in [0.05, 0.1) is 15.7 Å². The Balaban J connectivity index is 1.88. The Kier molecular flexibility index (Phi) is 6.26. The van der Waals surface area contributed by atoms with Crippen LogP contribution in [0.1, 0.15) is 24.3 Å². The van der Waals surface area contributed by atoms with E-state index in [-0.39, 0.29) is 11.9 Å². The molecule has 0 aliphatic rings. The van der Waals surface area contributed by atoms with Crippen molar-refractivity contribution >= 4 is 46.1 Å². The molecule has 0 saturated carbocycles. The quantitative estimate of drug-likeness (QED) is 0.782. The van der Waals surface area contributed by atoms with Crippen LogP contribution in [0, 0.1) is 0 Å². The van der Waals surface area contributed by atoms with Crippen LogP contribution in [-0.4, -0.2) is 24.4 Å². The number of nitrogens with zero attached hydrogens (tertiary/aromatic N) is 1. The first-order chi connectivity index (χ1) is 10.5. The van der Waals surface area contributed by atoms with Gasteiger partial charge in [0.15, 0.2) is 0 Å². The summed E-state index contributed by atoms with van der Waals surface area (Å²) in [6, 6.07) is 9.58. The predicted octanol–water partition coefficient (Wildman–Crippen LogP) is 5.08. The maximum Gasteiger partial charge on any atom is 0.225 e. The highest BCUT2D eigenvalue weighted by molar-refractivity contribution is 7.10. The zero-order valence-corrected chi connectivity index (χ0v) is 14.8. The van der Waals surface area contributed by atoms with E-state index >= 15 is 0 Å². The molecule has 2 rings (SSSR count). The fourth-order valence-electron chi connectivity index (χ4n) is 2.04. The summed E-state index contributed by atoms with van der Waals surface area (Å²) >= 11 is 13.8. The first kappa shape index (κ1) is 17.3. The Morgan fingerprint density at radius 3 is 2.55 bits per heavy atom. The highest BCUT2D eigenvalue weighted by Crippen LogP contribution is 2.30. The maximum absolute atomic E-state index is 12.1. The van der Waals surface area contributed by atoms with Crippen LogP contribution in [0.15, 0.2) is 35.7 Å². The second kappa shape index (κ2) is 7.97. The van der Waals surface area contributed by atoms with Crippen LogP contribution < -0.4 is 5.32 Å². The molecule has 118 valence electrons.